The minimum atomic E-state index is -0.248. The summed E-state index contributed by atoms with van der Waals surface area (Å²) in [7, 11) is 0. The lowest BCUT2D eigenvalue weighted by Gasteiger charge is -2.12. The van der Waals surface area contributed by atoms with Crippen molar-refractivity contribution in [1.82, 2.24) is 14.7 Å². The zero-order valence-corrected chi connectivity index (χ0v) is 18.5. The van der Waals surface area contributed by atoms with Gasteiger partial charge in [0.15, 0.2) is 11.0 Å². The number of rotatable bonds is 6. The molecule has 4 aromatic rings. The molecule has 0 saturated heterocycles. The lowest BCUT2D eigenvalue weighted by molar-refractivity contribution is -0.113. The highest BCUT2D eigenvalue weighted by molar-refractivity contribution is 7.99. The van der Waals surface area contributed by atoms with Crippen LogP contribution in [-0.4, -0.2) is 26.4 Å². The van der Waals surface area contributed by atoms with Crippen molar-refractivity contribution in [1.29, 1.82) is 0 Å². The number of aromatic nitrogens is 3. The van der Waals surface area contributed by atoms with Gasteiger partial charge in [-0.25, -0.2) is 4.98 Å². The van der Waals surface area contributed by atoms with Gasteiger partial charge in [0.1, 0.15) is 16.4 Å². The Morgan fingerprint density at radius 3 is 3.00 bits per heavy atom. The van der Waals surface area contributed by atoms with Crippen LogP contribution in [0, 0.1) is 6.92 Å². The highest BCUT2D eigenvalue weighted by atomic mass is 32.2. The van der Waals surface area contributed by atoms with Crippen LogP contribution in [0.3, 0.4) is 0 Å². The van der Waals surface area contributed by atoms with Crippen molar-refractivity contribution >= 4 is 45.0 Å². The summed E-state index contributed by atoms with van der Waals surface area (Å²) in [5.74, 6) is 1.49. The highest BCUT2D eigenvalue weighted by Gasteiger charge is 2.23. The molecule has 4 aromatic heterocycles. The maximum Gasteiger partial charge on any atom is 0.263 e. The van der Waals surface area contributed by atoms with E-state index in [2.05, 4.69) is 10.5 Å². The van der Waals surface area contributed by atoms with E-state index in [-0.39, 0.29) is 23.8 Å². The van der Waals surface area contributed by atoms with Gasteiger partial charge in [-0.15, -0.1) is 11.3 Å². The van der Waals surface area contributed by atoms with Gasteiger partial charge in [0.05, 0.1) is 23.9 Å². The Bertz CT molecular complexity index is 1300. The third-order valence-corrected chi connectivity index (χ3v) is 7.32. The number of nitrogens with zero attached hydrogens (tertiary/aromatic N) is 3. The number of aryl methyl sites for hydroxylation is 3. The van der Waals surface area contributed by atoms with Gasteiger partial charge in [-0.3, -0.25) is 14.2 Å². The normalized spacial score (nSPS) is 13.5. The summed E-state index contributed by atoms with van der Waals surface area (Å²) in [5.41, 5.74) is 1.07. The number of thioether (sulfide) groups is 1. The number of furan rings is 1. The number of hydrogen-bond donors (Lipinski definition) is 1. The molecule has 10 heteroatoms. The number of hydrogen-bond acceptors (Lipinski definition) is 8. The van der Waals surface area contributed by atoms with Crippen LogP contribution in [0.4, 0.5) is 5.82 Å². The van der Waals surface area contributed by atoms with Gasteiger partial charge < -0.3 is 14.3 Å². The number of fused-ring (bicyclic) bond motifs is 3. The Labute approximate surface area is 185 Å². The zero-order valence-electron chi connectivity index (χ0n) is 16.8. The molecule has 1 aliphatic rings. The van der Waals surface area contributed by atoms with Crippen LogP contribution in [0.2, 0.25) is 0 Å². The van der Waals surface area contributed by atoms with Crippen molar-refractivity contribution in [3.8, 4) is 0 Å². The molecule has 0 unspecified atom stereocenters. The van der Waals surface area contributed by atoms with Gasteiger partial charge in [0.25, 0.3) is 5.56 Å². The van der Waals surface area contributed by atoms with Gasteiger partial charge in [-0.1, -0.05) is 16.9 Å². The quantitative estimate of drug-likeness (QED) is 0.345. The summed E-state index contributed by atoms with van der Waals surface area (Å²) in [6.45, 7) is 2.02. The molecule has 0 aliphatic heterocycles. The molecule has 8 nitrogen and oxygen atoms in total. The second kappa shape index (κ2) is 8.35. The summed E-state index contributed by atoms with van der Waals surface area (Å²) >= 11 is 2.82. The second-order valence-corrected chi connectivity index (χ2v) is 9.44. The van der Waals surface area contributed by atoms with Crippen LogP contribution in [-0.2, 0) is 24.2 Å². The SMILES string of the molecule is Cc1cc(NC(=O)CSc2nc3sc4c(c3c(=O)n2Cc2ccco2)CCCC4)no1. The molecule has 31 heavy (non-hydrogen) atoms. The third kappa shape index (κ3) is 4.05. The topological polar surface area (TPSA) is 103 Å². The van der Waals surface area contributed by atoms with Crippen LogP contribution >= 0.6 is 23.1 Å². The second-order valence-electron chi connectivity index (χ2n) is 7.42. The Morgan fingerprint density at radius 2 is 2.23 bits per heavy atom. The molecule has 0 bridgehead atoms. The summed E-state index contributed by atoms with van der Waals surface area (Å²) in [4.78, 5) is 32.7. The number of anilines is 1. The number of nitrogens with one attached hydrogen (secondary N) is 1. The molecule has 160 valence electrons. The maximum absolute atomic E-state index is 13.5. The molecule has 0 fully saturated rings. The van der Waals surface area contributed by atoms with Gasteiger partial charge >= 0.3 is 0 Å². The van der Waals surface area contributed by atoms with E-state index in [0.717, 1.165) is 41.5 Å². The van der Waals surface area contributed by atoms with Crippen molar-refractivity contribution in [2.45, 2.75) is 44.3 Å². The van der Waals surface area contributed by atoms with Crippen LogP contribution in [0.15, 0.2) is 43.4 Å². The Kier molecular flexibility index (Phi) is 5.41. The minimum absolute atomic E-state index is 0.0733. The average Bonchev–Trinajstić information content (AvgIpc) is 3.48. The molecule has 1 N–H and O–H groups in total. The van der Waals surface area contributed by atoms with Crippen LogP contribution in [0.25, 0.3) is 10.2 Å². The van der Waals surface area contributed by atoms with E-state index in [1.54, 1.807) is 41.2 Å². The standard InChI is InChI=1S/C21H20N4O4S2/c1-12-9-16(24-29-12)22-17(26)11-30-21-23-19-18(14-6-2-3-7-15(14)31-19)20(27)25(21)10-13-5-4-8-28-13/h4-5,8-9H,2-3,6-7,10-11H2,1H3,(H,22,24,26). The van der Waals surface area contributed by atoms with E-state index in [0.29, 0.717) is 22.5 Å². The number of carbonyl (C=O) groups is 1. The Hall–Kier alpha value is -2.85. The first kappa shape index (κ1) is 20.1. The Morgan fingerprint density at radius 1 is 1.35 bits per heavy atom. The van der Waals surface area contributed by atoms with Gasteiger partial charge in [0.2, 0.25) is 5.91 Å². The van der Waals surface area contributed by atoms with Crippen LogP contribution in [0.5, 0.6) is 0 Å². The molecule has 1 amide bonds. The monoisotopic (exact) mass is 456 g/mol. The molecule has 5 rings (SSSR count). The molecule has 0 saturated carbocycles. The third-order valence-electron chi connectivity index (χ3n) is 5.16. The largest absolute Gasteiger partial charge is 0.467 e. The lowest BCUT2D eigenvalue weighted by atomic mass is 9.97. The predicted octanol–water partition coefficient (Wildman–Crippen LogP) is 4.01. The van der Waals surface area contributed by atoms with E-state index in [9.17, 15) is 9.59 Å². The zero-order chi connectivity index (χ0) is 21.4. The molecule has 4 heterocycles. The fourth-order valence-corrected chi connectivity index (χ4v) is 5.86. The summed E-state index contributed by atoms with van der Waals surface area (Å²) < 4.78 is 12.1. The van der Waals surface area contributed by atoms with E-state index >= 15 is 0 Å². The molecule has 1 aliphatic carbocycles. The molecular formula is C21H20N4O4S2. The number of amides is 1. The molecule has 0 spiro atoms. The first-order chi connectivity index (χ1) is 15.1. The first-order valence-electron chi connectivity index (χ1n) is 10.0. The summed E-state index contributed by atoms with van der Waals surface area (Å²) in [5, 5.41) is 7.69. The predicted molar refractivity (Wildman–Crippen MR) is 119 cm³/mol. The van der Waals surface area contributed by atoms with E-state index in [1.807, 2.05) is 6.07 Å². The fourth-order valence-electron chi connectivity index (χ4n) is 3.76. The van der Waals surface area contributed by atoms with Crippen molar-refractivity contribution in [3.05, 3.63) is 56.8 Å². The maximum atomic E-state index is 13.5. The molecule has 0 radical (unpaired) electrons. The van der Waals surface area contributed by atoms with Gasteiger partial charge in [0, 0.05) is 10.9 Å². The van der Waals surface area contributed by atoms with E-state index in [1.165, 1.54) is 16.6 Å². The molecule has 0 atom stereocenters. The highest BCUT2D eigenvalue weighted by Crippen LogP contribution is 2.34. The van der Waals surface area contributed by atoms with Crippen molar-refractivity contribution in [2.24, 2.45) is 0 Å². The average molecular weight is 457 g/mol. The molecular weight excluding hydrogens is 436 g/mol. The first-order valence-corrected chi connectivity index (χ1v) is 11.8. The number of carbonyl (C=O) groups excluding carboxylic acids is 1. The van der Waals surface area contributed by atoms with Gasteiger partial charge in [-0.2, -0.15) is 0 Å². The smallest absolute Gasteiger partial charge is 0.263 e. The number of thiophene rings is 1. The fraction of sp³-hybridized carbons (Fsp3) is 0.333. The summed E-state index contributed by atoms with van der Waals surface area (Å²) in [6, 6.07) is 5.27. The van der Waals surface area contributed by atoms with Crippen molar-refractivity contribution in [3.63, 3.8) is 0 Å². The van der Waals surface area contributed by atoms with E-state index in [4.69, 9.17) is 13.9 Å². The Balaban J connectivity index is 1.48. The van der Waals surface area contributed by atoms with Gasteiger partial charge in [-0.05, 0) is 50.3 Å². The summed E-state index contributed by atoms with van der Waals surface area (Å²) in [6.07, 6.45) is 5.73. The minimum Gasteiger partial charge on any atom is -0.467 e. The van der Waals surface area contributed by atoms with Crippen molar-refractivity contribution in [2.75, 3.05) is 11.1 Å². The van der Waals surface area contributed by atoms with E-state index < -0.39 is 0 Å². The molecule has 0 aromatic carbocycles. The van der Waals surface area contributed by atoms with Crippen molar-refractivity contribution < 1.29 is 13.7 Å². The van der Waals surface area contributed by atoms with Crippen LogP contribution in [0.1, 0.15) is 34.8 Å². The lowest BCUT2D eigenvalue weighted by Crippen LogP contribution is -2.25. The van der Waals surface area contributed by atoms with Crippen LogP contribution < -0.4 is 10.9 Å².